The van der Waals surface area contributed by atoms with Crippen molar-refractivity contribution < 1.29 is 18.7 Å². The summed E-state index contributed by atoms with van der Waals surface area (Å²) in [5.41, 5.74) is 8.47. The molecule has 54 heavy (non-hydrogen) atoms. The average Bonchev–Trinajstić information content (AvgIpc) is 3.49. The zero-order valence-corrected chi connectivity index (χ0v) is 30.9. The van der Waals surface area contributed by atoms with E-state index in [-0.39, 0.29) is 17.9 Å². The van der Waals surface area contributed by atoms with Gasteiger partial charge < -0.3 is 23.5 Å². The number of hydrogen-bond donors (Lipinski definition) is 0. The Balaban J connectivity index is 0.000000143. The van der Waals surface area contributed by atoms with Crippen molar-refractivity contribution in [2.45, 2.75) is 70.4 Å². The molecule has 0 unspecified atom stereocenters. The van der Waals surface area contributed by atoms with Crippen molar-refractivity contribution in [1.82, 2.24) is 29.7 Å². The van der Waals surface area contributed by atoms with Crippen molar-refractivity contribution in [3.8, 4) is 39.9 Å². The summed E-state index contributed by atoms with van der Waals surface area (Å²) in [6.07, 6.45) is 11.3. The highest BCUT2D eigenvalue weighted by molar-refractivity contribution is 6.09. The highest BCUT2D eigenvalue weighted by Gasteiger charge is 2.50. The number of hydrogen-bond acceptors (Lipinski definition) is 9. The van der Waals surface area contributed by atoms with Crippen LogP contribution in [-0.4, -0.2) is 66.8 Å². The van der Waals surface area contributed by atoms with Crippen LogP contribution in [0.3, 0.4) is 0 Å². The zero-order valence-electron chi connectivity index (χ0n) is 30.9. The Kier molecular flexibility index (Phi) is 7.86. The van der Waals surface area contributed by atoms with Gasteiger partial charge in [-0.3, -0.25) is 19.6 Å². The molecule has 12 heteroatoms. The van der Waals surface area contributed by atoms with Crippen LogP contribution in [0.5, 0.6) is 0 Å². The number of ether oxygens (including phenoxy) is 1. The molecule has 1 saturated heterocycles. The number of imidazole rings is 1. The maximum atomic E-state index is 13.0. The van der Waals surface area contributed by atoms with Gasteiger partial charge in [0.05, 0.1) is 47.8 Å². The predicted octanol–water partition coefficient (Wildman–Crippen LogP) is 6.85. The summed E-state index contributed by atoms with van der Waals surface area (Å²) >= 11 is 0. The lowest BCUT2D eigenvalue weighted by atomic mass is 9.86. The van der Waals surface area contributed by atoms with E-state index < -0.39 is 10.8 Å². The summed E-state index contributed by atoms with van der Waals surface area (Å²) in [5, 5.41) is 8.39. The third-order valence-corrected chi connectivity index (χ3v) is 10.9. The van der Waals surface area contributed by atoms with Crippen LogP contribution in [0.2, 0.25) is 0 Å². The molecule has 3 aliphatic heterocycles. The first-order valence-electron chi connectivity index (χ1n) is 18.3. The van der Waals surface area contributed by atoms with Crippen molar-refractivity contribution in [3.63, 3.8) is 0 Å². The fraction of sp³-hybridized carbons (Fsp3) is 0.310. The first-order valence-corrected chi connectivity index (χ1v) is 18.3. The molecule has 1 aliphatic carbocycles. The maximum Gasteiger partial charge on any atom is 0.248 e. The second kappa shape index (κ2) is 12.6. The van der Waals surface area contributed by atoms with E-state index in [0.717, 1.165) is 69.1 Å². The molecule has 1 saturated carbocycles. The molecule has 2 amide bonds. The lowest BCUT2D eigenvalue weighted by Crippen LogP contribution is -2.52. The molecule has 2 aromatic carbocycles. The Morgan fingerprint density at radius 1 is 0.722 bits per heavy atom. The molecule has 2 fully saturated rings. The number of aryl methyl sites for hydroxylation is 1. The predicted molar refractivity (Wildman–Crippen MR) is 203 cm³/mol. The number of amides is 2. The molecule has 6 aromatic rings. The van der Waals surface area contributed by atoms with E-state index in [1.54, 1.807) is 12.4 Å². The van der Waals surface area contributed by atoms with Gasteiger partial charge in [0, 0.05) is 64.6 Å². The van der Waals surface area contributed by atoms with Crippen LogP contribution in [0.25, 0.3) is 39.9 Å². The van der Waals surface area contributed by atoms with Crippen LogP contribution >= 0.6 is 0 Å². The summed E-state index contributed by atoms with van der Waals surface area (Å²) in [4.78, 5) is 42.6. The van der Waals surface area contributed by atoms with Crippen LogP contribution < -0.4 is 9.80 Å². The zero-order chi connectivity index (χ0) is 37.4. The maximum absolute atomic E-state index is 13.0. The van der Waals surface area contributed by atoms with Crippen molar-refractivity contribution in [1.29, 1.82) is 0 Å². The number of benzene rings is 2. The Morgan fingerprint density at radius 3 is 2.02 bits per heavy atom. The topological polar surface area (TPSA) is 132 Å². The fourth-order valence-electron chi connectivity index (χ4n) is 7.55. The van der Waals surface area contributed by atoms with Gasteiger partial charge in [-0.2, -0.15) is 0 Å². The van der Waals surface area contributed by atoms with E-state index >= 15 is 0 Å². The minimum absolute atomic E-state index is 0.0846. The number of aromatic nitrogens is 6. The normalized spacial score (nSPS) is 18.2. The Bertz CT molecular complexity index is 2430. The van der Waals surface area contributed by atoms with Gasteiger partial charge in [0.1, 0.15) is 0 Å². The van der Waals surface area contributed by atoms with Gasteiger partial charge in [0.15, 0.2) is 0 Å². The van der Waals surface area contributed by atoms with Gasteiger partial charge in [-0.1, -0.05) is 12.1 Å². The second-order valence-electron chi connectivity index (χ2n) is 15.5. The Labute approximate surface area is 312 Å². The van der Waals surface area contributed by atoms with Gasteiger partial charge in [0.25, 0.3) is 0 Å². The minimum atomic E-state index is -0.558. The number of nitrogens with zero attached hydrogens (tertiary/aromatic N) is 8. The summed E-state index contributed by atoms with van der Waals surface area (Å²) < 4.78 is 13.2. The molecule has 4 aliphatic rings. The van der Waals surface area contributed by atoms with E-state index in [1.807, 2.05) is 110 Å². The van der Waals surface area contributed by atoms with Crippen molar-refractivity contribution in [3.05, 3.63) is 109 Å². The third-order valence-electron chi connectivity index (χ3n) is 10.9. The van der Waals surface area contributed by atoms with E-state index in [4.69, 9.17) is 9.15 Å². The minimum Gasteiger partial charge on any atom is -0.416 e. The summed E-state index contributed by atoms with van der Waals surface area (Å²) in [6.45, 7) is 11.0. The summed E-state index contributed by atoms with van der Waals surface area (Å²) in [7, 11) is 0. The van der Waals surface area contributed by atoms with Gasteiger partial charge in [0.2, 0.25) is 23.6 Å². The van der Waals surface area contributed by atoms with E-state index in [9.17, 15) is 9.59 Å². The molecule has 0 bridgehead atoms. The largest absolute Gasteiger partial charge is 0.416 e. The van der Waals surface area contributed by atoms with Crippen LogP contribution in [0.1, 0.15) is 57.4 Å². The highest BCUT2D eigenvalue weighted by Crippen LogP contribution is 2.48. The number of pyridine rings is 2. The van der Waals surface area contributed by atoms with Crippen LogP contribution in [0.15, 0.2) is 96.2 Å². The fourth-order valence-corrected chi connectivity index (χ4v) is 7.55. The molecule has 272 valence electrons. The number of rotatable bonds is 6. The lowest BCUT2D eigenvalue weighted by Gasteiger charge is -2.35. The molecule has 0 spiro atoms. The molecular formula is C42H40N8O4. The van der Waals surface area contributed by atoms with Crippen molar-refractivity contribution in [2.24, 2.45) is 0 Å². The SMILES string of the molecule is CC1(C)C(=O)N(C2CC2)c2cc(-n3cnc(-c4cccnc4)c3)ccc21.Cc1cc(-c2nnc(-c3ccc4c(c3)N(C3COC3)C(=O)C4(C)C)o2)ccn1. The van der Waals surface area contributed by atoms with Crippen molar-refractivity contribution >= 4 is 23.2 Å². The van der Waals surface area contributed by atoms with Gasteiger partial charge in [-0.25, -0.2) is 4.98 Å². The Morgan fingerprint density at radius 2 is 1.39 bits per heavy atom. The van der Waals surface area contributed by atoms with E-state index in [1.165, 1.54) is 0 Å². The Hall–Kier alpha value is -6.01. The quantitative estimate of drug-likeness (QED) is 0.181. The lowest BCUT2D eigenvalue weighted by molar-refractivity contribution is -0.124. The standard InChI is InChI=1S/C21H20N4O3.C21H20N4O/c1-12-8-14(6-7-22-12)19-24-23-18(28-19)13-4-5-16-17(9-13)25(15-10-27-11-15)20(26)21(16,2)3;1-21(2)17-8-7-16(10-19(17)25(20(21)26)15-5-6-15)24-12-18(23-13-24)14-4-3-9-22-11-14/h4-9,15H,10-11H2,1-3H3;3-4,7-13,15H,5-6H2,1-2H3. The number of carbonyl (C=O) groups excluding carboxylic acids is 2. The third kappa shape index (κ3) is 5.59. The molecular weight excluding hydrogens is 681 g/mol. The van der Waals surface area contributed by atoms with Crippen LogP contribution in [-0.2, 0) is 25.2 Å². The molecule has 7 heterocycles. The van der Waals surface area contributed by atoms with E-state index in [2.05, 4.69) is 43.3 Å². The molecule has 0 atom stereocenters. The second-order valence-corrected chi connectivity index (χ2v) is 15.5. The van der Waals surface area contributed by atoms with Crippen molar-refractivity contribution in [2.75, 3.05) is 23.0 Å². The summed E-state index contributed by atoms with van der Waals surface area (Å²) in [5.74, 6) is 1.19. The van der Waals surface area contributed by atoms with Crippen LogP contribution in [0.4, 0.5) is 11.4 Å². The van der Waals surface area contributed by atoms with E-state index in [0.29, 0.717) is 31.0 Å². The van der Waals surface area contributed by atoms with Gasteiger partial charge >= 0.3 is 0 Å². The number of carbonyl (C=O) groups is 2. The smallest absolute Gasteiger partial charge is 0.248 e. The monoisotopic (exact) mass is 720 g/mol. The molecule has 0 N–H and O–H groups in total. The molecule has 4 aromatic heterocycles. The number of fused-ring (bicyclic) bond motifs is 2. The first-order chi connectivity index (χ1) is 26.0. The van der Waals surface area contributed by atoms with Gasteiger partial charge in [-0.15, -0.1) is 10.2 Å². The molecule has 12 nitrogen and oxygen atoms in total. The highest BCUT2D eigenvalue weighted by atomic mass is 16.5. The molecule has 0 radical (unpaired) electrons. The van der Waals surface area contributed by atoms with Crippen LogP contribution in [0, 0.1) is 6.92 Å². The first kappa shape index (κ1) is 33.8. The number of anilines is 2. The van der Waals surface area contributed by atoms with Gasteiger partial charge in [-0.05, 0) is 107 Å². The summed E-state index contributed by atoms with van der Waals surface area (Å²) in [6, 6.07) is 20.3. The molecule has 10 rings (SSSR count). The average molecular weight is 721 g/mol.